The van der Waals surface area contributed by atoms with Crippen molar-refractivity contribution in [1.82, 2.24) is 15.3 Å². The number of piperidine rings is 1. The second-order valence-corrected chi connectivity index (χ2v) is 9.66. The summed E-state index contributed by atoms with van der Waals surface area (Å²) < 4.78 is 20.2. The van der Waals surface area contributed by atoms with Crippen LogP contribution in [0, 0.1) is 17.7 Å². The van der Waals surface area contributed by atoms with E-state index < -0.39 is 11.4 Å². The van der Waals surface area contributed by atoms with Gasteiger partial charge in [-0.1, -0.05) is 11.8 Å². The largest absolute Gasteiger partial charge is 0.485 e. The summed E-state index contributed by atoms with van der Waals surface area (Å²) in [7, 11) is 0. The van der Waals surface area contributed by atoms with Gasteiger partial charge in [0.05, 0.1) is 9.88 Å². The Morgan fingerprint density at radius 2 is 2.03 bits per heavy atom. The van der Waals surface area contributed by atoms with E-state index in [1.54, 1.807) is 43.5 Å². The smallest absolute Gasteiger partial charge is 0.166 e. The molecule has 4 rings (SSSR count). The van der Waals surface area contributed by atoms with Crippen LogP contribution < -0.4 is 15.8 Å². The fourth-order valence-corrected chi connectivity index (χ4v) is 4.60. The Bertz CT molecular complexity index is 1190. The Kier molecular flexibility index (Phi) is 6.94. The number of pyridine rings is 1. The molecule has 172 valence electrons. The summed E-state index contributed by atoms with van der Waals surface area (Å²) in [5, 5.41) is 14.3. The molecule has 33 heavy (non-hydrogen) atoms. The van der Waals surface area contributed by atoms with E-state index in [0.717, 1.165) is 41.4 Å². The summed E-state index contributed by atoms with van der Waals surface area (Å²) >= 11 is 1.66. The molecule has 1 aromatic carbocycles. The van der Waals surface area contributed by atoms with E-state index in [-0.39, 0.29) is 12.4 Å². The van der Waals surface area contributed by atoms with Crippen molar-refractivity contribution in [2.24, 2.45) is 0 Å². The van der Waals surface area contributed by atoms with E-state index in [0.29, 0.717) is 22.8 Å². The molecule has 0 spiro atoms. The van der Waals surface area contributed by atoms with Gasteiger partial charge < -0.3 is 20.9 Å². The average Bonchev–Trinajstić information content (AvgIpc) is 3.29. The molecule has 0 bridgehead atoms. The van der Waals surface area contributed by atoms with Gasteiger partial charge in [-0.15, -0.1) is 11.3 Å². The highest BCUT2D eigenvalue weighted by Crippen LogP contribution is 2.35. The molecule has 8 heteroatoms. The zero-order chi connectivity index (χ0) is 23.4. The number of anilines is 1. The van der Waals surface area contributed by atoms with Crippen molar-refractivity contribution in [2.45, 2.75) is 44.8 Å². The van der Waals surface area contributed by atoms with E-state index in [1.807, 2.05) is 12.3 Å². The van der Waals surface area contributed by atoms with E-state index in [9.17, 15) is 9.50 Å². The van der Waals surface area contributed by atoms with Crippen molar-refractivity contribution >= 4 is 17.2 Å². The Morgan fingerprint density at radius 3 is 2.79 bits per heavy atom. The summed E-state index contributed by atoms with van der Waals surface area (Å²) in [5.41, 5.74) is 6.68. The molecule has 0 radical (unpaired) electrons. The maximum atomic E-state index is 14.3. The van der Waals surface area contributed by atoms with Gasteiger partial charge in [-0.3, -0.25) is 0 Å². The molecule has 1 aliphatic heterocycles. The third kappa shape index (κ3) is 6.08. The molecule has 1 saturated heterocycles. The maximum Gasteiger partial charge on any atom is 0.166 e. The molecule has 4 N–H and O–H groups in total. The minimum Gasteiger partial charge on any atom is -0.485 e. The number of thiazole rings is 1. The van der Waals surface area contributed by atoms with Gasteiger partial charge in [0.2, 0.25) is 0 Å². The Balaban J connectivity index is 1.50. The molecule has 3 aromatic rings. The van der Waals surface area contributed by atoms with Crippen LogP contribution in [0.15, 0.2) is 36.7 Å². The first-order valence-electron chi connectivity index (χ1n) is 10.9. The van der Waals surface area contributed by atoms with Crippen molar-refractivity contribution < 1.29 is 14.2 Å². The number of aliphatic hydroxyl groups is 1. The van der Waals surface area contributed by atoms with E-state index in [1.165, 1.54) is 6.07 Å². The molecule has 0 saturated carbocycles. The number of hydrogen-bond acceptors (Lipinski definition) is 7. The monoisotopic (exact) mass is 466 g/mol. The van der Waals surface area contributed by atoms with Gasteiger partial charge >= 0.3 is 0 Å². The third-order valence-electron chi connectivity index (χ3n) is 5.32. The van der Waals surface area contributed by atoms with Crippen LogP contribution >= 0.6 is 11.3 Å². The topological polar surface area (TPSA) is 93.3 Å². The highest BCUT2D eigenvalue weighted by atomic mass is 32.1. The van der Waals surface area contributed by atoms with Crippen molar-refractivity contribution in [2.75, 3.05) is 18.8 Å². The zero-order valence-electron chi connectivity index (χ0n) is 18.7. The average molecular weight is 467 g/mol. The molecule has 0 aliphatic carbocycles. The van der Waals surface area contributed by atoms with Crippen molar-refractivity contribution in [3.05, 3.63) is 58.6 Å². The molecule has 2 aromatic heterocycles. The Hall–Kier alpha value is -2.99. The van der Waals surface area contributed by atoms with Crippen LogP contribution in [0.3, 0.4) is 0 Å². The van der Waals surface area contributed by atoms with E-state index in [4.69, 9.17) is 10.5 Å². The van der Waals surface area contributed by atoms with Crippen LogP contribution in [0.5, 0.6) is 5.75 Å². The number of nitrogens with two attached hydrogens (primary N) is 1. The molecule has 0 unspecified atom stereocenters. The van der Waals surface area contributed by atoms with Crippen molar-refractivity contribution in [3.8, 4) is 28.0 Å². The number of nitrogen functional groups attached to an aromatic ring is 1. The molecule has 3 heterocycles. The SMILES string of the molecule is CC(C)(O)C#Cc1ccc(F)c(COc2cc(-c3cnc(C4CCNCC4)s3)cnc2N)c1. The van der Waals surface area contributed by atoms with Crippen LogP contribution in [-0.2, 0) is 6.61 Å². The fourth-order valence-electron chi connectivity index (χ4n) is 3.53. The highest BCUT2D eigenvalue weighted by molar-refractivity contribution is 7.15. The highest BCUT2D eigenvalue weighted by Gasteiger charge is 2.19. The predicted molar refractivity (Wildman–Crippen MR) is 129 cm³/mol. The lowest BCUT2D eigenvalue weighted by Crippen LogP contribution is -2.26. The number of rotatable bonds is 5. The van der Waals surface area contributed by atoms with Crippen LogP contribution in [0.2, 0.25) is 0 Å². The van der Waals surface area contributed by atoms with Gasteiger partial charge in [-0.2, -0.15) is 0 Å². The number of hydrogen-bond donors (Lipinski definition) is 3. The van der Waals surface area contributed by atoms with Crippen molar-refractivity contribution in [1.29, 1.82) is 0 Å². The van der Waals surface area contributed by atoms with E-state index >= 15 is 0 Å². The molecular formula is C25H27FN4O2S. The fraction of sp³-hybridized carbons (Fsp3) is 0.360. The zero-order valence-corrected chi connectivity index (χ0v) is 19.5. The summed E-state index contributed by atoms with van der Waals surface area (Å²) in [4.78, 5) is 9.89. The van der Waals surface area contributed by atoms with Gasteiger partial charge in [0.15, 0.2) is 11.6 Å². The van der Waals surface area contributed by atoms with E-state index in [2.05, 4.69) is 27.1 Å². The van der Waals surface area contributed by atoms with Crippen LogP contribution in [0.4, 0.5) is 10.2 Å². The Morgan fingerprint density at radius 1 is 1.24 bits per heavy atom. The van der Waals surface area contributed by atoms with Gasteiger partial charge in [0.25, 0.3) is 0 Å². The first-order valence-corrected chi connectivity index (χ1v) is 11.7. The summed E-state index contributed by atoms with van der Waals surface area (Å²) in [6.07, 6.45) is 5.75. The first kappa shape index (κ1) is 23.2. The first-order chi connectivity index (χ1) is 15.8. The normalized spacial score (nSPS) is 14.5. The maximum absolute atomic E-state index is 14.3. The molecule has 1 fully saturated rings. The van der Waals surface area contributed by atoms with Gasteiger partial charge in [-0.25, -0.2) is 14.4 Å². The number of halogens is 1. The standard InChI is InChI=1S/C25H27FN4O2S/c1-25(2,31)8-5-16-3-4-20(26)19(11-16)15-32-21-12-18(13-29-23(21)27)22-14-30-24(33-22)17-6-9-28-10-7-17/h3-4,11-14,17,28,31H,6-7,9-10,15H2,1-2H3,(H2,27,29). The minimum atomic E-state index is -1.13. The lowest BCUT2D eigenvalue weighted by Gasteiger charge is -2.20. The van der Waals surface area contributed by atoms with Crippen LogP contribution in [0.25, 0.3) is 10.4 Å². The second-order valence-electron chi connectivity index (χ2n) is 8.60. The van der Waals surface area contributed by atoms with Crippen LogP contribution in [0.1, 0.15) is 48.7 Å². The molecule has 0 atom stereocenters. The number of nitrogens with one attached hydrogen (secondary N) is 1. The summed E-state index contributed by atoms with van der Waals surface area (Å²) in [6, 6.07) is 6.33. The summed E-state index contributed by atoms with van der Waals surface area (Å²) in [5.74, 6) is 6.28. The lowest BCUT2D eigenvalue weighted by molar-refractivity contribution is 0.143. The number of aromatic nitrogens is 2. The number of nitrogens with zero attached hydrogens (tertiary/aromatic N) is 2. The molecule has 1 aliphatic rings. The molecule has 0 amide bonds. The van der Waals surface area contributed by atoms with Crippen molar-refractivity contribution in [3.63, 3.8) is 0 Å². The third-order valence-corrected chi connectivity index (χ3v) is 6.53. The number of ether oxygens (including phenoxy) is 1. The van der Waals surface area contributed by atoms with Crippen LogP contribution in [-0.4, -0.2) is 33.8 Å². The molecule has 6 nitrogen and oxygen atoms in total. The lowest BCUT2D eigenvalue weighted by atomic mass is 9.99. The van der Waals surface area contributed by atoms with Gasteiger partial charge in [0, 0.05) is 35.0 Å². The second kappa shape index (κ2) is 9.87. The summed E-state index contributed by atoms with van der Waals surface area (Å²) in [6.45, 7) is 5.19. The minimum absolute atomic E-state index is 0.0256. The number of benzene rings is 1. The predicted octanol–water partition coefficient (Wildman–Crippen LogP) is 4.09. The van der Waals surface area contributed by atoms with Gasteiger partial charge in [-0.05, 0) is 64.0 Å². The van der Waals surface area contributed by atoms with Gasteiger partial charge in [0.1, 0.15) is 18.0 Å². The quantitative estimate of drug-likeness (QED) is 0.491. The molecular weight excluding hydrogens is 439 g/mol. The Labute approximate surface area is 197 Å².